The second-order valence-corrected chi connectivity index (χ2v) is 7.46. The van der Waals surface area contributed by atoms with E-state index in [0.29, 0.717) is 42.0 Å². The molecule has 0 unspecified atom stereocenters. The topological polar surface area (TPSA) is 42.3 Å². The molecule has 2 aromatic carbocycles. The molecule has 3 rings (SSSR count). The van der Waals surface area contributed by atoms with Crippen molar-refractivity contribution >= 4 is 51.9 Å². The first-order chi connectivity index (χ1) is 12.9. The van der Waals surface area contributed by atoms with Crippen LogP contribution in [-0.4, -0.2) is 36.2 Å². The zero-order chi connectivity index (χ0) is 19.6. The second-order valence-electron chi connectivity index (χ2n) is 6.26. The molecule has 1 fully saturated rings. The van der Waals surface area contributed by atoms with Crippen molar-refractivity contribution in [1.29, 1.82) is 5.26 Å². The van der Waals surface area contributed by atoms with Crippen LogP contribution in [0.3, 0.4) is 0 Å². The van der Waals surface area contributed by atoms with Crippen molar-refractivity contribution in [3.05, 3.63) is 57.3 Å². The fraction of sp³-hybridized carbons (Fsp3) is 0.263. The largest absolute Gasteiger partial charge is 0.366 e. The Bertz CT molecular complexity index is 921. The first kappa shape index (κ1) is 19.7. The molecule has 0 saturated carbocycles. The normalized spacial score (nSPS) is 14.0. The van der Waals surface area contributed by atoms with Gasteiger partial charge in [0.15, 0.2) is 5.11 Å². The van der Waals surface area contributed by atoms with E-state index >= 15 is 0 Å². The summed E-state index contributed by atoms with van der Waals surface area (Å²) in [7, 11) is 0. The van der Waals surface area contributed by atoms with E-state index in [-0.39, 0.29) is 10.6 Å². The van der Waals surface area contributed by atoms with Crippen molar-refractivity contribution in [3.8, 4) is 6.07 Å². The number of nitrogens with one attached hydrogen (secondary N) is 1. The second kappa shape index (κ2) is 8.30. The Kier molecular flexibility index (Phi) is 6.05. The van der Waals surface area contributed by atoms with Gasteiger partial charge >= 0.3 is 0 Å². The van der Waals surface area contributed by atoms with Crippen LogP contribution in [0.25, 0.3) is 0 Å². The lowest BCUT2D eigenvalue weighted by atomic mass is 10.1. The highest BCUT2D eigenvalue weighted by Crippen LogP contribution is 2.28. The monoisotopic (exact) mass is 422 g/mol. The predicted molar refractivity (Wildman–Crippen MR) is 112 cm³/mol. The highest BCUT2D eigenvalue weighted by Gasteiger charge is 2.22. The minimum Gasteiger partial charge on any atom is -0.366 e. The van der Waals surface area contributed by atoms with Crippen molar-refractivity contribution in [2.75, 3.05) is 36.4 Å². The van der Waals surface area contributed by atoms with Crippen LogP contribution in [-0.2, 0) is 0 Å². The van der Waals surface area contributed by atoms with Crippen LogP contribution in [0, 0.1) is 24.1 Å². The Morgan fingerprint density at radius 2 is 1.85 bits per heavy atom. The highest BCUT2D eigenvalue weighted by molar-refractivity contribution is 7.80. The molecule has 27 heavy (non-hydrogen) atoms. The molecular formula is C19H17Cl2FN4S. The molecule has 4 nitrogen and oxygen atoms in total. The van der Waals surface area contributed by atoms with Crippen LogP contribution in [0.2, 0.25) is 10.0 Å². The average molecular weight is 423 g/mol. The number of thiocarbonyl (C=S) groups is 1. The Hall–Kier alpha value is -2.07. The Morgan fingerprint density at radius 3 is 2.48 bits per heavy atom. The zero-order valence-electron chi connectivity index (χ0n) is 14.6. The Balaban J connectivity index is 1.63. The number of piperazine rings is 1. The molecule has 1 aliphatic rings. The molecule has 0 aliphatic carbocycles. The van der Waals surface area contributed by atoms with E-state index < -0.39 is 5.82 Å². The number of hydrogen-bond donors (Lipinski definition) is 1. The molecule has 0 aromatic heterocycles. The predicted octanol–water partition coefficient (Wildman–Crippen LogP) is 4.83. The van der Waals surface area contributed by atoms with E-state index in [4.69, 9.17) is 40.7 Å². The minimum atomic E-state index is -0.445. The summed E-state index contributed by atoms with van der Waals surface area (Å²) >= 11 is 17.7. The van der Waals surface area contributed by atoms with Crippen molar-refractivity contribution < 1.29 is 4.39 Å². The van der Waals surface area contributed by atoms with Crippen LogP contribution in [0.5, 0.6) is 0 Å². The van der Waals surface area contributed by atoms with Crippen molar-refractivity contribution in [2.45, 2.75) is 6.92 Å². The SMILES string of the molecule is Cc1ccc(NC(=S)N2CCN(c3cc(Cl)c(C#N)cc3F)CC2)cc1Cl. The highest BCUT2D eigenvalue weighted by atomic mass is 35.5. The average Bonchev–Trinajstić information content (AvgIpc) is 2.66. The third-order valence-corrected chi connectivity index (χ3v) is 5.57. The first-order valence-corrected chi connectivity index (χ1v) is 9.51. The maximum atomic E-state index is 14.3. The molecular weight excluding hydrogens is 406 g/mol. The lowest BCUT2D eigenvalue weighted by Gasteiger charge is -2.37. The van der Waals surface area contributed by atoms with Gasteiger partial charge in [-0.15, -0.1) is 0 Å². The molecule has 1 aliphatic heterocycles. The molecule has 1 saturated heterocycles. The minimum absolute atomic E-state index is 0.138. The van der Waals surface area contributed by atoms with Gasteiger partial charge in [-0.1, -0.05) is 29.3 Å². The first-order valence-electron chi connectivity index (χ1n) is 8.35. The maximum Gasteiger partial charge on any atom is 0.173 e. The van der Waals surface area contributed by atoms with Gasteiger partial charge in [0.25, 0.3) is 0 Å². The molecule has 140 valence electrons. The molecule has 1 heterocycles. The number of aryl methyl sites for hydroxylation is 1. The number of nitriles is 1. The number of nitrogens with zero attached hydrogens (tertiary/aromatic N) is 3. The van der Waals surface area contributed by atoms with Gasteiger partial charge in [-0.25, -0.2) is 4.39 Å². The van der Waals surface area contributed by atoms with E-state index in [2.05, 4.69) is 5.32 Å². The number of benzene rings is 2. The van der Waals surface area contributed by atoms with E-state index in [1.54, 1.807) is 0 Å². The number of hydrogen-bond acceptors (Lipinski definition) is 3. The molecule has 2 aromatic rings. The number of anilines is 2. The van der Waals surface area contributed by atoms with Crippen molar-refractivity contribution in [1.82, 2.24) is 4.90 Å². The standard InChI is InChI=1S/C19H17Cl2FN4S/c1-12-2-3-14(9-15(12)20)24-19(27)26-6-4-25(5-7-26)18-10-16(21)13(11-23)8-17(18)22/h2-3,8-10H,4-7H2,1H3,(H,24,27). The molecule has 0 spiro atoms. The van der Waals surface area contributed by atoms with Gasteiger partial charge in [0.05, 0.1) is 16.3 Å². The van der Waals surface area contributed by atoms with Crippen molar-refractivity contribution in [3.63, 3.8) is 0 Å². The fourth-order valence-corrected chi connectivity index (χ4v) is 3.57. The van der Waals surface area contributed by atoms with Gasteiger partial charge in [0, 0.05) is 36.9 Å². The molecule has 8 heteroatoms. The van der Waals surface area contributed by atoms with Crippen LogP contribution in [0.1, 0.15) is 11.1 Å². The number of halogens is 3. The van der Waals surface area contributed by atoms with Gasteiger partial charge in [-0.05, 0) is 49.0 Å². The summed E-state index contributed by atoms with van der Waals surface area (Å²) in [6.07, 6.45) is 0. The fourth-order valence-electron chi connectivity index (χ4n) is 2.89. The zero-order valence-corrected chi connectivity index (χ0v) is 16.9. The lowest BCUT2D eigenvalue weighted by molar-refractivity contribution is 0.388. The van der Waals surface area contributed by atoms with E-state index in [9.17, 15) is 4.39 Å². The van der Waals surface area contributed by atoms with E-state index in [1.807, 2.05) is 41.0 Å². The summed E-state index contributed by atoms with van der Waals surface area (Å²) < 4.78 is 14.3. The molecule has 0 radical (unpaired) electrons. The molecule has 0 amide bonds. The molecule has 1 N–H and O–H groups in total. The van der Waals surface area contributed by atoms with Crippen molar-refractivity contribution in [2.24, 2.45) is 0 Å². The third-order valence-electron chi connectivity index (χ3n) is 4.49. The quantitative estimate of drug-likeness (QED) is 0.701. The number of rotatable bonds is 2. The Morgan fingerprint density at radius 1 is 1.15 bits per heavy atom. The van der Waals surface area contributed by atoms with Gasteiger partial charge in [-0.2, -0.15) is 5.26 Å². The Labute approximate surface area is 173 Å². The van der Waals surface area contributed by atoms with Gasteiger partial charge < -0.3 is 15.1 Å². The van der Waals surface area contributed by atoms with Crippen LogP contribution < -0.4 is 10.2 Å². The van der Waals surface area contributed by atoms with Crippen LogP contribution in [0.4, 0.5) is 15.8 Å². The summed E-state index contributed by atoms with van der Waals surface area (Å²) in [6, 6.07) is 10.3. The summed E-state index contributed by atoms with van der Waals surface area (Å²) in [4.78, 5) is 3.94. The summed E-state index contributed by atoms with van der Waals surface area (Å²) in [5, 5.41) is 13.7. The van der Waals surface area contributed by atoms with E-state index in [0.717, 1.165) is 11.3 Å². The smallest absolute Gasteiger partial charge is 0.173 e. The van der Waals surface area contributed by atoms with Crippen LogP contribution in [0.15, 0.2) is 30.3 Å². The van der Waals surface area contributed by atoms with Gasteiger partial charge in [0.1, 0.15) is 11.9 Å². The lowest BCUT2D eigenvalue weighted by Crippen LogP contribution is -2.50. The summed E-state index contributed by atoms with van der Waals surface area (Å²) in [5.74, 6) is -0.445. The van der Waals surface area contributed by atoms with Gasteiger partial charge in [0.2, 0.25) is 0 Å². The van der Waals surface area contributed by atoms with Gasteiger partial charge in [-0.3, -0.25) is 0 Å². The third kappa shape index (κ3) is 4.44. The molecule has 0 bridgehead atoms. The summed E-state index contributed by atoms with van der Waals surface area (Å²) in [5.41, 5.74) is 2.38. The van der Waals surface area contributed by atoms with Crippen LogP contribution >= 0.6 is 35.4 Å². The molecule has 0 atom stereocenters. The summed E-state index contributed by atoms with van der Waals surface area (Å²) in [6.45, 7) is 4.41. The maximum absolute atomic E-state index is 14.3. The van der Waals surface area contributed by atoms with E-state index in [1.165, 1.54) is 12.1 Å².